The van der Waals surface area contributed by atoms with Gasteiger partial charge in [-0.2, -0.15) is 5.10 Å². The van der Waals surface area contributed by atoms with Gasteiger partial charge in [-0.15, -0.1) is 0 Å². The van der Waals surface area contributed by atoms with Crippen LogP contribution in [0.1, 0.15) is 55.2 Å². The van der Waals surface area contributed by atoms with Crippen molar-refractivity contribution in [2.24, 2.45) is 13.0 Å². The number of nitrogens with zero attached hydrogens (tertiary/aromatic N) is 3. The number of nitrogens with one attached hydrogen (secondary N) is 1. The first-order chi connectivity index (χ1) is 11.6. The van der Waals surface area contributed by atoms with Crippen molar-refractivity contribution >= 4 is 0 Å². The Kier molecular flexibility index (Phi) is 4.67. The molecular formula is C19H32N4O. The molecule has 24 heavy (non-hydrogen) atoms. The van der Waals surface area contributed by atoms with Crippen LogP contribution in [0, 0.1) is 19.8 Å². The van der Waals surface area contributed by atoms with E-state index < -0.39 is 0 Å². The predicted octanol–water partition coefficient (Wildman–Crippen LogP) is 2.33. The van der Waals surface area contributed by atoms with Crippen LogP contribution in [0.15, 0.2) is 0 Å². The fourth-order valence-corrected chi connectivity index (χ4v) is 4.50. The predicted molar refractivity (Wildman–Crippen MR) is 95.1 cm³/mol. The summed E-state index contributed by atoms with van der Waals surface area (Å²) >= 11 is 0. The number of aromatic nitrogens is 2. The molecule has 0 spiro atoms. The van der Waals surface area contributed by atoms with Crippen molar-refractivity contribution in [1.82, 2.24) is 20.0 Å². The quantitative estimate of drug-likeness (QED) is 0.899. The second kappa shape index (κ2) is 6.77. The molecule has 1 aromatic heterocycles. The molecule has 5 heteroatoms. The topological polar surface area (TPSA) is 42.3 Å². The SMILES string of the molecule is Cc1nn(C)c(C)c1[C@H]1OCC[C@@H]1NC1CCN(CC2CC2)CC1. The highest BCUT2D eigenvalue weighted by Crippen LogP contribution is 2.34. The maximum atomic E-state index is 6.12. The summed E-state index contributed by atoms with van der Waals surface area (Å²) in [6, 6.07) is 1.08. The highest BCUT2D eigenvalue weighted by molar-refractivity contribution is 5.29. The smallest absolute Gasteiger partial charge is 0.101 e. The van der Waals surface area contributed by atoms with Gasteiger partial charge in [0.05, 0.1) is 5.69 Å². The third-order valence-electron chi connectivity index (χ3n) is 6.19. The van der Waals surface area contributed by atoms with Gasteiger partial charge in [0, 0.05) is 43.5 Å². The Morgan fingerprint density at radius 2 is 1.88 bits per heavy atom. The van der Waals surface area contributed by atoms with Crippen molar-refractivity contribution < 1.29 is 4.74 Å². The summed E-state index contributed by atoms with van der Waals surface area (Å²) in [6.45, 7) is 8.99. The van der Waals surface area contributed by atoms with Gasteiger partial charge in [0.25, 0.3) is 0 Å². The molecule has 1 aliphatic carbocycles. The lowest BCUT2D eigenvalue weighted by Crippen LogP contribution is -2.47. The molecule has 3 fully saturated rings. The first-order valence-corrected chi connectivity index (χ1v) is 9.72. The van der Waals surface area contributed by atoms with E-state index >= 15 is 0 Å². The zero-order valence-corrected chi connectivity index (χ0v) is 15.4. The Labute approximate surface area is 145 Å². The van der Waals surface area contributed by atoms with Crippen LogP contribution in [-0.4, -0.2) is 53.0 Å². The highest BCUT2D eigenvalue weighted by atomic mass is 16.5. The number of hydrogen-bond donors (Lipinski definition) is 1. The normalized spacial score (nSPS) is 29.5. The lowest BCUT2D eigenvalue weighted by atomic mass is 9.97. The number of piperidine rings is 1. The standard InChI is InChI=1S/C19H32N4O/c1-13-18(14(2)22(3)21-13)19-17(8-11-24-19)20-16-6-9-23(10-7-16)12-15-4-5-15/h15-17,19-20H,4-12H2,1-3H3/t17-,19-/m0/s1. The summed E-state index contributed by atoms with van der Waals surface area (Å²) in [4.78, 5) is 2.67. The monoisotopic (exact) mass is 332 g/mol. The molecule has 0 amide bonds. The summed E-state index contributed by atoms with van der Waals surface area (Å²) in [7, 11) is 2.03. The molecule has 134 valence electrons. The van der Waals surface area contributed by atoms with E-state index in [9.17, 15) is 0 Å². The van der Waals surface area contributed by atoms with Crippen LogP contribution >= 0.6 is 0 Å². The van der Waals surface area contributed by atoms with Gasteiger partial charge < -0.3 is 15.0 Å². The number of likely N-dealkylation sites (tertiary alicyclic amines) is 1. The Morgan fingerprint density at radius 1 is 1.12 bits per heavy atom. The van der Waals surface area contributed by atoms with Crippen molar-refractivity contribution in [3.63, 3.8) is 0 Å². The molecule has 2 aliphatic heterocycles. The van der Waals surface area contributed by atoms with Crippen LogP contribution in [0.5, 0.6) is 0 Å². The average molecular weight is 332 g/mol. The third kappa shape index (κ3) is 3.39. The van der Waals surface area contributed by atoms with E-state index in [0.717, 1.165) is 24.6 Å². The molecule has 0 aromatic carbocycles. The molecule has 1 N–H and O–H groups in total. The minimum atomic E-state index is 0.170. The Morgan fingerprint density at radius 3 is 2.50 bits per heavy atom. The first kappa shape index (κ1) is 16.6. The highest BCUT2D eigenvalue weighted by Gasteiger charge is 2.35. The van der Waals surface area contributed by atoms with E-state index in [4.69, 9.17) is 4.74 Å². The summed E-state index contributed by atoms with van der Waals surface area (Å²) in [5.74, 6) is 1.01. The van der Waals surface area contributed by atoms with Gasteiger partial charge in [-0.05, 0) is 65.0 Å². The van der Waals surface area contributed by atoms with E-state index in [0.29, 0.717) is 12.1 Å². The summed E-state index contributed by atoms with van der Waals surface area (Å²) in [5.41, 5.74) is 3.66. The van der Waals surface area contributed by atoms with E-state index in [1.165, 1.54) is 56.6 Å². The Balaban J connectivity index is 1.35. The van der Waals surface area contributed by atoms with Crippen molar-refractivity contribution in [3.8, 4) is 0 Å². The lowest BCUT2D eigenvalue weighted by molar-refractivity contribution is 0.0910. The second-order valence-electron chi connectivity index (χ2n) is 8.08. The van der Waals surface area contributed by atoms with Gasteiger partial charge in [-0.3, -0.25) is 4.68 Å². The van der Waals surface area contributed by atoms with Crippen LogP contribution in [0.3, 0.4) is 0 Å². The Bertz CT molecular complexity index is 572. The maximum Gasteiger partial charge on any atom is 0.101 e. The summed E-state index contributed by atoms with van der Waals surface area (Å²) in [6.07, 6.45) is 6.76. The number of rotatable bonds is 5. The molecular weight excluding hydrogens is 300 g/mol. The van der Waals surface area contributed by atoms with Crippen molar-refractivity contribution in [1.29, 1.82) is 0 Å². The third-order valence-corrected chi connectivity index (χ3v) is 6.19. The maximum absolute atomic E-state index is 6.12. The number of hydrogen-bond acceptors (Lipinski definition) is 4. The van der Waals surface area contributed by atoms with Crippen molar-refractivity contribution in [2.75, 3.05) is 26.2 Å². The summed E-state index contributed by atoms with van der Waals surface area (Å²) in [5, 5.41) is 8.51. The van der Waals surface area contributed by atoms with Crippen molar-refractivity contribution in [3.05, 3.63) is 17.0 Å². The summed E-state index contributed by atoms with van der Waals surface area (Å²) < 4.78 is 8.11. The molecule has 1 aromatic rings. The first-order valence-electron chi connectivity index (χ1n) is 9.72. The van der Waals surface area contributed by atoms with Crippen LogP contribution in [-0.2, 0) is 11.8 Å². The molecule has 0 bridgehead atoms. The van der Waals surface area contributed by atoms with E-state index in [2.05, 4.69) is 29.2 Å². The van der Waals surface area contributed by atoms with Gasteiger partial charge in [0.15, 0.2) is 0 Å². The molecule has 3 aliphatic rings. The Hall–Kier alpha value is -0.910. The van der Waals surface area contributed by atoms with E-state index in [1.54, 1.807) is 0 Å². The molecule has 1 saturated carbocycles. The fraction of sp³-hybridized carbons (Fsp3) is 0.842. The van der Waals surface area contributed by atoms with E-state index in [1.807, 2.05) is 11.7 Å². The molecule has 0 unspecified atom stereocenters. The van der Waals surface area contributed by atoms with E-state index in [-0.39, 0.29) is 6.10 Å². The molecule has 5 nitrogen and oxygen atoms in total. The van der Waals surface area contributed by atoms with Gasteiger partial charge in [0.2, 0.25) is 0 Å². The minimum absolute atomic E-state index is 0.170. The lowest BCUT2D eigenvalue weighted by Gasteiger charge is -2.35. The van der Waals surface area contributed by atoms with Gasteiger partial charge in [-0.25, -0.2) is 0 Å². The van der Waals surface area contributed by atoms with Crippen molar-refractivity contribution in [2.45, 2.75) is 64.1 Å². The van der Waals surface area contributed by atoms with Gasteiger partial charge in [0.1, 0.15) is 6.10 Å². The number of ether oxygens (including phenoxy) is 1. The number of aryl methyl sites for hydroxylation is 2. The molecule has 3 heterocycles. The molecule has 2 atom stereocenters. The second-order valence-corrected chi connectivity index (χ2v) is 8.08. The van der Waals surface area contributed by atoms with Crippen LogP contribution in [0.2, 0.25) is 0 Å². The molecule has 2 saturated heterocycles. The molecule has 4 rings (SSSR count). The zero-order chi connectivity index (χ0) is 16.7. The van der Waals surface area contributed by atoms with Gasteiger partial charge in [-0.1, -0.05) is 0 Å². The van der Waals surface area contributed by atoms with Gasteiger partial charge >= 0.3 is 0 Å². The fourth-order valence-electron chi connectivity index (χ4n) is 4.50. The zero-order valence-electron chi connectivity index (χ0n) is 15.4. The average Bonchev–Trinajstić information content (AvgIpc) is 3.21. The van der Waals surface area contributed by atoms with Crippen LogP contribution < -0.4 is 5.32 Å². The molecule has 0 radical (unpaired) electrons. The van der Waals surface area contributed by atoms with Crippen LogP contribution in [0.4, 0.5) is 0 Å². The van der Waals surface area contributed by atoms with Crippen LogP contribution in [0.25, 0.3) is 0 Å². The largest absolute Gasteiger partial charge is 0.372 e. The minimum Gasteiger partial charge on any atom is -0.372 e.